The lowest BCUT2D eigenvalue weighted by atomic mass is 10.4. The third-order valence-corrected chi connectivity index (χ3v) is 2.88. The van der Waals surface area contributed by atoms with Gasteiger partial charge >= 0.3 is 0 Å². The van der Waals surface area contributed by atoms with Crippen molar-refractivity contribution in [2.75, 3.05) is 5.43 Å². The van der Waals surface area contributed by atoms with Gasteiger partial charge in [0.1, 0.15) is 16.7 Å². The lowest BCUT2D eigenvalue weighted by molar-refractivity contribution is 0.879. The molecule has 4 N–H and O–H groups in total. The Labute approximate surface area is 107 Å². The first-order valence-corrected chi connectivity index (χ1v) is 6.10. The number of aryl methyl sites for hydroxylation is 1. The Balaban J connectivity index is 2.30. The van der Waals surface area contributed by atoms with E-state index in [4.69, 9.17) is 5.84 Å². The van der Waals surface area contributed by atoms with E-state index in [1.165, 1.54) is 24.0 Å². The Hall–Kier alpha value is -1.93. The zero-order chi connectivity index (χ0) is 13.0. The molecule has 0 saturated carbocycles. The van der Waals surface area contributed by atoms with Crippen molar-refractivity contribution in [3.63, 3.8) is 0 Å². The topological polar surface area (TPSA) is 110 Å². The maximum atomic E-state index is 11.2. The molecular weight excluding hydrogens is 252 g/mol. The van der Waals surface area contributed by atoms with Crippen LogP contribution >= 0.6 is 11.8 Å². The number of anilines is 1. The summed E-state index contributed by atoms with van der Waals surface area (Å²) in [6.07, 6.45) is 2.15. The van der Waals surface area contributed by atoms with E-state index in [9.17, 15) is 4.79 Å². The van der Waals surface area contributed by atoms with Crippen LogP contribution in [0.3, 0.4) is 0 Å². The number of nitrogens with two attached hydrogens (primary N) is 1. The van der Waals surface area contributed by atoms with E-state index >= 15 is 0 Å². The lowest BCUT2D eigenvalue weighted by Crippen LogP contribution is -2.11. The monoisotopic (exact) mass is 264 g/mol. The van der Waals surface area contributed by atoms with Gasteiger partial charge in [-0.25, -0.2) is 20.8 Å². The van der Waals surface area contributed by atoms with Gasteiger partial charge in [0.2, 0.25) is 0 Å². The van der Waals surface area contributed by atoms with E-state index in [2.05, 4.69) is 25.4 Å². The summed E-state index contributed by atoms with van der Waals surface area (Å²) in [7, 11) is 0. The fourth-order valence-corrected chi connectivity index (χ4v) is 2.04. The predicted octanol–water partition coefficient (Wildman–Crippen LogP) is 0.559. The molecule has 0 amide bonds. The van der Waals surface area contributed by atoms with Gasteiger partial charge in [-0.2, -0.15) is 0 Å². The van der Waals surface area contributed by atoms with E-state index in [0.29, 0.717) is 28.2 Å². The molecule has 0 aromatic carbocycles. The molecule has 18 heavy (non-hydrogen) atoms. The lowest BCUT2D eigenvalue weighted by Gasteiger charge is -2.05. The fourth-order valence-electron chi connectivity index (χ4n) is 1.26. The molecule has 2 aromatic heterocycles. The van der Waals surface area contributed by atoms with Crippen LogP contribution in [0.1, 0.15) is 12.7 Å². The summed E-state index contributed by atoms with van der Waals surface area (Å²) in [5, 5.41) is 1.15. The van der Waals surface area contributed by atoms with Crippen LogP contribution in [0.5, 0.6) is 0 Å². The van der Waals surface area contributed by atoms with E-state index in [1.54, 1.807) is 6.07 Å². The number of nitrogen functional groups attached to an aromatic ring is 1. The largest absolute Gasteiger partial charge is 0.308 e. The van der Waals surface area contributed by atoms with Crippen molar-refractivity contribution < 1.29 is 0 Å². The number of aromatic amines is 1. The van der Waals surface area contributed by atoms with E-state index < -0.39 is 0 Å². The molecule has 2 aromatic rings. The van der Waals surface area contributed by atoms with Gasteiger partial charge in [0.05, 0.1) is 0 Å². The number of nitrogens with one attached hydrogen (secondary N) is 2. The number of hydrazine groups is 1. The molecule has 2 rings (SSSR count). The smallest absolute Gasteiger partial charge is 0.251 e. The highest BCUT2D eigenvalue weighted by atomic mass is 32.2. The van der Waals surface area contributed by atoms with Crippen LogP contribution in [-0.4, -0.2) is 19.9 Å². The minimum Gasteiger partial charge on any atom is -0.308 e. The maximum Gasteiger partial charge on any atom is 0.251 e. The Morgan fingerprint density at radius 2 is 2.33 bits per heavy atom. The second-order valence-corrected chi connectivity index (χ2v) is 4.36. The zero-order valence-corrected chi connectivity index (χ0v) is 10.5. The number of H-pyrrole nitrogens is 1. The molecule has 8 heteroatoms. The van der Waals surface area contributed by atoms with Gasteiger partial charge in [-0.3, -0.25) is 4.79 Å². The van der Waals surface area contributed by atoms with Gasteiger partial charge in [-0.1, -0.05) is 6.92 Å². The maximum absolute atomic E-state index is 11.2. The van der Waals surface area contributed by atoms with Crippen LogP contribution in [-0.2, 0) is 6.42 Å². The molecule has 0 atom stereocenters. The molecule has 0 spiro atoms. The highest BCUT2D eigenvalue weighted by Crippen LogP contribution is 2.23. The highest BCUT2D eigenvalue weighted by Gasteiger charge is 2.06. The molecule has 94 valence electrons. The first-order valence-electron chi connectivity index (χ1n) is 5.29. The van der Waals surface area contributed by atoms with Crippen molar-refractivity contribution in [3.05, 3.63) is 34.5 Å². The van der Waals surface area contributed by atoms with Crippen LogP contribution < -0.4 is 16.8 Å². The van der Waals surface area contributed by atoms with Gasteiger partial charge in [-0.15, -0.1) is 0 Å². The van der Waals surface area contributed by atoms with E-state index in [1.807, 2.05) is 6.92 Å². The molecule has 0 aliphatic carbocycles. The average molecular weight is 264 g/mol. The van der Waals surface area contributed by atoms with Crippen LogP contribution in [0.25, 0.3) is 0 Å². The Kier molecular flexibility index (Phi) is 3.90. The zero-order valence-electron chi connectivity index (χ0n) is 9.67. The standard InChI is InChI=1S/C10H12N6OS/c1-2-6-13-7(16-11)5-9(14-6)18-10-12-4-3-8(17)15-10/h3-5H,2,11H2,1H3,(H,12,15,17)(H,13,14,16). The van der Waals surface area contributed by atoms with Crippen LogP contribution in [0.15, 0.2) is 33.3 Å². The van der Waals surface area contributed by atoms with E-state index in [0.717, 1.165) is 0 Å². The summed E-state index contributed by atoms with van der Waals surface area (Å²) >= 11 is 1.25. The highest BCUT2D eigenvalue weighted by molar-refractivity contribution is 7.99. The molecule has 7 nitrogen and oxygen atoms in total. The van der Waals surface area contributed by atoms with Gasteiger partial charge in [0, 0.05) is 24.8 Å². The minimum atomic E-state index is -0.200. The molecule has 0 bridgehead atoms. The number of hydrogen-bond acceptors (Lipinski definition) is 7. The number of aromatic nitrogens is 4. The fraction of sp³-hybridized carbons (Fsp3) is 0.200. The van der Waals surface area contributed by atoms with Crippen molar-refractivity contribution >= 4 is 17.6 Å². The molecule has 0 saturated heterocycles. The number of hydrogen-bond donors (Lipinski definition) is 3. The second-order valence-electron chi connectivity index (χ2n) is 3.35. The SMILES string of the molecule is CCc1nc(NN)cc(Sc2nccc(=O)[nH]2)n1. The number of rotatable bonds is 4. The molecule has 0 fully saturated rings. The molecule has 2 heterocycles. The number of nitrogens with zero attached hydrogens (tertiary/aromatic N) is 3. The van der Waals surface area contributed by atoms with Gasteiger partial charge in [-0.05, 0) is 11.8 Å². The molecule has 0 unspecified atom stereocenters. The van der Waals surface area contributed by atoms with Crippen molar-refractivity contribution in [2.24, 2.45) is 5.84 Å². The Morgan fingerprint density at radius 3 is 3.00 bits per heavy atom. The molecule has 0 radical (unpaired) electrons. The van der Waals surface area contributed by atoms with Crippen LogP contribution in [0.2, 0.25) is 0 Å². The summed E-state index contributed by atoms with van der Waals surface area (Å²) < 4.78 is 0. The summed E-state index contributed by atoms with van der Waals surface area (Å²) in [5.74, 6) is 6.54. The Bertz CT molecular complexity index is 577. The second kappa shape index (κ2) is 5.61. The van der Waals surface area contributed by atoms with E-state index in [-0.39, 0.29) is 5.56 Å². The van der Waals surface area contributed by atoms with Gasteiger partial charge in [0.25, 0.3) is 5.56 Å². The summed E-state index contributed by atoms with van der Waals surface area (Å²) in [4.78, 5) is 26.3. The molecular formula is C10H12N6OS. The Morgan fingerprint density at radius 1 is 1.50 bits per heavy atom. The normalized spacial score (nSPS) is 10.3. The third kappa shape index (κ3) is 3.05. The first-order chi connectivity index (χ1) is 8.71. The van der Waals surface area contributed by atoms with Gasteiger partial charge < -0.3 is 10.4 Å². The molecule has 0 aliphatic heterocycles. The van der Waals surface area contributed by atoms with Gasteiger partial charge in [0.15, 0.2) is 5.16 Å². The predicted molar refractivity (Wildman–Crippen MR) is 68.2 cm³/mol. The summed E-state index contributed by atoms with van der Waals surface area (Å²) in [6.45, 7) is 1.95. The summed E-state index contributed by atoms with van der Waals surface area (Å²) in [6, 6.07) is 3.05. The third-order valence-electron chi connectivity index (χ3n) is 2.06. The van der Waals surface area contributed by atoms with Crippen molar-refractivity contribution in [3.8, 4) is 0 Å². The first kappa shape index (κ1) is 12.5. The van der Waals surface area contributed by atoms with Crippen LogP contribution in [0, 0.1) is 0 Å². The molecule has 0 aliphatic rings. The van der Waals surface area contributed by atoms with Crippen molar-refractivity contribution in [2.45, 2.75) is 23.5 Å². The average Bonchev–Trinajstić information content (AvgIpc) is 2.38. The van der Waals surface area contributed by atoms with Crippen LogP contribution in [0.4, 0.5) is 5.82 Å². The van der Waals surface area contributed by atoms with Crippen molar-refractivity contribution in [1.82, 2.24) is 19.9 Å². The minimum absolute atomic E-state index is 0.200. The quantitative estimate of drug-likeness (QED) is 0.320. The summed E-state index contributed by atoms with van der Waals surface area (Å²) in [5.41, 5.74) is 2.28. The van der Waals surface area contributed by atoms with Crippen molar-refractivity contribution in [1.29, 1.82) is 0 Å².